The number of pyridine rings is 2. The molecule has 0 fully saturated rings. The van der Waals surface area contributed by atoms with Gasteiger partial charge in [0.05, 0.1) is 44.0 Å². The number of ether oxygens (including phenoxy) is 2. The Morgan fingerprint density at radius 2 is 2.03 bits per heavy atom. The van der Waals surface area contributed by atoms with E-state index in [-0.39, 0.29) is 0 Å². The molecule has 1 N–H and O–H groups in total. The lowest BCUT2D eigenvalue weighted by atomic mass is 10.1. The summed E-state index contributed by atoms with van der Waals surface area (Å²) in [6.07, 6.45) is 5.61. The van der Waals surface area contributed by atoms with Crippen LogP contribution in [0.1, 0.15) is 30.0 Å². The SMILES string of the molecule is C/C=C/S(=O)(=O)N1CCc2c(C)c(-c3cc(OC(CO)c4ccc(F)cn4)c4c(OC)cnn4c3)nn2CC1. The molecule has 1 aliphatic heterocycles. The van der Waals surface area contributed by atoms with Gasteiger partial charge < -0.3 is 14.6 Å². The first kappa shape index (κ1) is 26.8. The van der Waals surface area contributed by atoms with Gasteiger partial charge in [0.1, 0.15) is 5.82 Å². The number of methoxy groups -OCH3 is 1. The average molecular weight is 557 g/mol. The van der Waals surface area contributed by atoms with Crippen LogP contribution in [0.4, 0.5) is 4.39 Å². The number of rotatable bonds is 8. The quantitative estimate of drug-likeness (QED) is 0.351. The van der Waals surface area contributed by atoms with E-state index < -0.39 is 28.6 Å². The third kappa shape index (κ3) is 5.12. The molecule has 13 heteroatoms. The summed E-state index contributed by atoms with van der Waals surface area (Å²) in [7, 11) is -1.95. The predicted octanol–water partition coefficient (Wildman–Crippen LogP) is 2.88. The summed E-state index contributed by atoms with van der Waals surface area (Å²) in [6.45, 7) is 4.32. The predicted molar refractivity (Wildman–Crippen MR) is 141 cm³/mol. The second-order valence-electron chi connectivity index (χ2n) is 9.10. The molecular weight excluding hydrogens is 527 g/mol. The maximum Gasteiger partial charge on any atom is 0.235 e. The smallest absolute Gasteiger partial charge is 0.235 e. The maximum absolute atomic E-state index is 13.4. The fourth-order valence-corrected chi connectivity index (χ4v) is 5.97. The van der Waals surface area contributed by atoms with E-state index in [1.54, 1.807) is 23.7 Å². The topological polar surface area (TPSA) is 124 Å². The summed E-state index contributed by atoms with van der Waals surface area (Å²) in [5.41, 5.74) is 4.20. The van der Waals surface area contributed by atoms with Gasteiger partial charge in [-0.15, -0.1) is 0 Å². The van der Waals surface area contributed by atoms with Gasteiger partial charge in [0.15, 0.2) is 23.1 Å². The molecule has 4 aromatic heterocycles. The fraction of sp³-hybridized carbons (Fsp3) is 0.346. The highest BCUT2D eigenvalue weighted by atomic mass is 32.2. The third-order valence-corrected chi connectivity index (χ3v) is 8.40. The zero-order valence-electron chi connectivity index (χ0n) is 21.8. The Morgan fingerprint density at radius 3 is 2.72 bits per heavy atom. The van der Waals surface area contributed by atoms with Gasteiger partial charge in [0, 0.05) is 42.4 Å². The Morgan fingerprint density at radius 1 is 1.21 bits per heavy atom. The van der Waals surface area contributed by atoms with E-state index in [0.717, 1.165) is 17.5 Å². The minimum atomic E-state index is -3.47. The number of nitrogens with zero attached hydrogens (tertiary/aromatic N) is 6. The molecule has 206 valence electrons. The zero-order chi connectivity index (χ0) is 27.7. The highest BCUT2D eigenvalue weighted by Crippen LogP contribution is 2.37. The standard InChI is InChI=1S/C26H29FN6O5S/c1-4-11-39(35,36)31-8-7-21-17(2)25(30-32(21)10-9-31)18-12-22(26-23(37-3)14-29-33(26)15-18)38-24(16-34)20-6-5-19(27)13-28-20/h4-6,11-15,24,34H,7-10,16H2,1-3H3/b11-4+. The minimum Gasteiger partial charge on any atom is -0.493 e. The van der Waals surface area contributed by atoms with Crippen LogP contribution in [0.25, 0.3) is 16.8 Å². The summed E-state index contributed by atoms with van der Waals surface area (Å²) >= 11 is 0. The van der Waals surface area contributed by atoms with Crippen molar-refractivity contribution in [2.24, 2.45) is 0 Å². The summed E-state index contributed by atoms with van der Waals surface area (Å²) in [5.74, 6) is 0.355. The van der Waals surface area contributed by atoms with Crippen LogP contribution in [0.5, 0.6) is 11.5 Å². The van der Waals surface area contributed by atoms with Crippen molar-refractivity contribution in [1.82, 2.24) is 28.7 Å². The molecule has 0 amide bonds. The van der Waals surface area contributed by atoms with Gasteiger partial charge in [-0.3, -0.25) is 9.67 Å². The lowest BCUT2D eigenvalue weighted by molar-refractivity contribution is 0.114. The molecule has 5 rings (SSSR count). The van der Waals surface area contributed by atoms with Gasteiger partial charge in [-0.25, -0.2) is 17.3 Å². The minimum absolute atomic E-state index is 0.312. The summed E-state index contributed by atoms with van der Waals surface area (Å²) in [6, 6.07) is 4.51. The second kappa shape index (κ2) is 10.8. The molecule has 0 bridgehead atoms. The van der Waals surface area contributed by atoms with Crippen LogP contribution < -0.4 is 9.47 Å². The molecule has 0 aromatic carbocycles. The van der Waals surface area contributed by atoms with Gasteiger partial charge in [-0.1, -0.05) is 6.08 Å². The average Bonchev–Trinajstić information content (AvgIpc) is 3.39. The third-order valence-electron chi connectivity index (χ3n) is 6.70. The van der Waals surface area contributed by atoms with Crippen molar-refractivity contribution >= 4 is 15.5 Å². The van der Waals surface area contributed by atoms with Gasteiger partial charge in [-0.2, -0.15) is 14.5 Å². The van der Waals surface area contributed by atoms with Crippen molar-refractivity contribution in [3.05, 3.63) is 71.0 Å². The van der Waals surface area contributed by atoms with Gasteiger partial charge in [-0.05, 0) is 37.6 Å². The molecule has 39 heavy (non-hydrogen) atoms. The number of hydrogen-bond acceptors (Lipinski definition) is 8. The number of aliphatic hydroxyl groups excluding tert-OH is 1. The zero-order valence-corrected chi connectivity index (χ0v) is 22.6. The Bertz CT molecular complexity index is 1630. The number of hydrogen-bond donors (Lipinski definition) is 1. The second-order valence-corrected chi connectivity index (χ2v) is 10.9. The van der Waals surface area contributed by atoms with E-state index in [9.17, 15) is 17.9 Å². The lowest BCUT2D eigenvalue weighted by Crippen LogP contribution is -2.32. The van der Waals surface area contributed by atoms with E-state index in [0.29, 0.717) is 60.0 Å². The van der Waals surface area contributed by atoms with Crippen molar-refractivity contribution in [3.8, 4) is 22.8 Å². The number of halogens is 1. The van der Waals surface area contributed by atoms with Crippen molar-refractivity contribution < 1.29 is 27.4 Å². The van der Waals surface area contributed by atoms with E-state index >= 15 is 0 Å². The number of sulfonamides is 1. The van der Waals surface area contributed by atoms with Crippen LogP contribution in [0.15, 0.2) is 48.3 Å². The Balaban J connectivity index is 1.53. The van der Waals surface area contributed by atoms with Crippen LogP contribution in [-0.4, -0.2) is 69.0 Å². The van der Waals surface area contributed by atoms with Crippen LogP contribution >= 0.6 is 0 Å². The number of allylic oxidation sites excluding steroid dienone is 1. The normalized spacial score (nSPS) is 15.4. The Kier molecular flexibility index (Phi) is 7.38. The Hall–Kier alpha value is -3.81. The summed E-state index contributed by atoms with van der Waals surface area (Å²) in [4.78, 5) is 4.06. The van der Waals surface area contributed by atoms with E-state index in [2.05, 4.69) is 10.1 Å². The Labute approximate surface area is 225 Å². The van der Waals surface area contributed by atoms with Crippen molar-refractivity contribution in [2.45, 2.75) is 32.9 Å². The van der Waals surface area contributed by atoms with Crippen molar-refractivity contribution in [3.63, 3.8) is 0 Å². The number of aromatic nitrogens is 5. The van der Waals surface area contributed by atoms with E-state index in [1.807, 2.05) is 17.8 Å². The van der Waals surface area contributed by atoms with Crippen molar-refractivity contribution in [1.29, 1.82) is 0 Å². The molecular formula is C26H29FN6O5S. The molecule has 1 aliphatic rings. The first-order valence-corrected chi connectivity index (χ1v) is 13.9. The van der Waals surface area contributed by atoms with E-state index in [1.165, 1.54) is 35.0 Å². The molecule has 0 aliphatic carbocycles. The molecule has 1 unspecified atom stereocenters. The highest BCUT2D eigenvalue weighted by molar-refractivity contribution is 7.92. The number of aliphatic hydroxyl groups is 1. The summed E-state index contributed by atoms with van der Waals surface area (Å²) < 4.78 is 55.1. The molecule has 0 saturated heterocycles. The van der Waals surface area contributed by atoms with Crippen LogP contribution in [0.3, 0.4) is 0 Å². The summed E-state index contributed by atoms with van der Waals surface area (Å²) in [5, 5.41) is 20.5. The molecule has 0 spiro atoms. The van der Waals surface area contributed by atoms with Gasteiger partial charge >= 0.3 is 0 Å². The first-order chi connectivity index (χ1) is 18.7. The first-order valence-electron chi connectivity index (χ1n) is 12.4. The van der Waals surface area contributed by atoms with Gasteiger partial charge in [0.25, 0.3) is 0 Å². The van der Waals surface area contributed by atoms with Crippen LogP contribution in [-0.2, 0) is 23.0 Å². The van der Waals surface area contributed by atoms with Crippen molar-refractivity contribution in [2.75, 3.05) is 26.8 Å². The molecule has 5 heterocycles. The van der Waals surface area contributed by atoms with Crippen LogP contribution in [0.2, 0.25) is 0 Å². The lowest BCUT2D eigenvalue weighted by Gasteiger charge is -2.18. The molecule has 0 saturated carbocycles. The molecule has 1 atom stereocenters. The molecule has 0 radical (unpaired) electrons. The molecule has 4 aromatic rings. The fourth-order valence-electron chi connectivity index (χ4n) is 4.77. The maximum atomic E-state index is 13.4. The highest BCUT2D eigenvalue weighted by Gasteiger charge is 2.27. The van der Waals surface area contributed by atoms with Crippen LogP contribution in [0, 0.1) is 12.7 Å². The monoisotopic (exact) mass is 556 g/mol. The largest absolute Gasteiger partial charge is 0.493 e. The van der Waals surface area contributed by atoms with Gasteiger partial charge in [0.2, 0.25) is 10.0 Å². The molecule has 11 nitrogen and oxygen atoms in total. The number of fused-ring (bicyclic) bond motifs is 2. The van der Waals surface area contributed by atoms with E-state index in [4.69, 9.17) is 14.6 Å².